The quantitative estimate of drug-likeness (QED) is 0.807. The van der Waals surface area contributed by atoms with Crippen molar-refractivity contribution < 1.29 is 17.0 Å². The van der Waals surface area contributed by atoms with Gasteiger partial charge in [-0.2, -0.15) is 0 Å². The minimum atomic E-state index is -3.12. The van der Waals surface area contributed by atoms with Gasteiger partial charge in [0, 0.05) is 16.4 Å². The zero-order valence-corrected chi connectivity index (χ0v) is 10.5. The minimum absolute atomic E-state index is 0.0135. The predicted octanol–water partition coefficient (Wildman–Crippen LogP) is 1.37. The fraction of sp³-hybridized carbons (Fsp3) is 0.400. The summed E-state index contributed by atoms with van der Waals surface area (Å²) in [5, 5.41) is 0. The molecule has 0 spiro atoms. The molecule has 0 heterocycles. The lowest BCUT2D eigenvalue weighted by Crippen LogP contribution is -2.15. The molecule has 1 rings (SSSR count). The van der Waals surface area contributed by atoms with Crippen LogP contribution in [-0.4, -0.2) is 29.9 Å². The fourth-order valence-corrected chi connectivity index (χ4v) is 3.69. The van der Waals surface area contributed by atoms with Crippen molar-refractivity contribution >= 4 is 20.6 Å². The third-order valence-electron chi connectivity index (χ3n) is 2.08. The van der Waals surface area contributed by atoms with E-state index in [0.29, 0.717) is 4.90 Å². The van der Waals surface area contributed by atoms with E-state index in [1.807, 2.05) is 0 Å². The van der Waals surface area contributed by atoms with Crippen molar-refractivity contribution in [2.75, 3.05) is 17.3 Å². The van der Waals surface area contributed by atoms with Crippen molar-refractivity contribution in [1.82, 2.24) is 0 Å². The van der Waals surface area contributed by atoms with E-state index in [4.69, 9.17) is 0 Å². The highest BCUT2D eigenvalue weighted by molar-refractivity contribution is 7.93. The van der Waals surface area contributed by atoms with E-state index >= 15 is 0 Å². The summed E-state index contributed by atoms with van der Waals surface area (Å²) in [6.07, 6.45) is 0. The largest absolute Gasteiger partial charge is 0.254 e. The second-order valence-electron chi connectivity index (χ2n) is 3.24. The Balaban J connectivity index is 2.67. The Morgan fingerprint density at radius 2 is 2.06 bits per heavy atom. The Bertz CT molecular complexity index is 483. The first-order chi connectivity index (χ1) is 7.44. The number of sulfone groups is 1. The molecular weight excluding hydrogens is 251 g/mol. The number of benzene rings is 1. The summed E-state index contributed by atoms with van der Waals surface area (Å²) in [6.45, 7) is 1.54. The molecule has 1 aromatic rings. The lowest BCUT2D eigenvalue weighted by molar-refractivity contribution is 0.598. The zero-order valence-electron chi connectivity index (χ0n) is 8.85. The van der Waals surface area contributed by atoms with Gasteiger partial charge in [-0.1, -0.05) is 13.0 Å². The number of hydrogen-bond acceptors (Lipinski definition) is 3. The minimum Gasteiger partial charge on any atom is -0.254 e. The van der Waals surface area contributed by atoms with Crippen molar-refractivity contribution in [1.29, 1.82) is 0 Å². The van der Waals surface area contributed by atoms with Crippen LogP contribution in [0, 0.1) is 5.82 Å². The summed E-state index contributed by atoms with van der Waals surface area (Å²) in [4.78, 5) is 0.325. The van der Waals surface area contributed by atoms with Crippen LogP contribution in [0.15, 0.2) is 29.2 Å². The normalized spacial score (nSPS) is 13.6. The second kappa shape index (κ2) is 5.54. The third kappa shape index (κ3) is 4.02. The molecule has 0 aliphatic heterocycles. The highest BCUT2D eigenvalue weighted by Gasteiger charge is 2.11. The topological polar surface area (TPSA) is 51.2 Å². The molecule has 0 bridgehead atoms. The molecule has 1 aromatic carbocycles. The molecule has 0 radical (unpaired) electrons. The Morgan fingerprint density at radius 3 is 2.62 bits per heavy atom. The highest BCUT2D eigenvalue weighted by Crippen LogP contribution is 2.09. The smallest absolute Gasteiger partial charge is 0.150 e. The Hall–Kier alpha value is -0.750. The molecule has 6 heteroatoms. The lowest BCUT2D eigenvalue weighted by atomic mass is 10.4. The Morgan fingerprint density at radius 1 is 1.38 bits per heavy atom. The van der Waals surface area contributed by atoms with Crippen LogP contribution in [0.2, 0.25) is 0 Å². The molecule has 90 valence electrons. The fourth-order valence-electron chi connectivity index (χ4n) is 1.07. The molecule has 0 amide bonds. The zero-order chi connectivity index (χ0) is 12.2. The molecule has 0 saturated heterocycles. The molecule has 1 atom stereocenters. The van der Waals surface area contributed by atoms with Gasteiger partial charge in [0.25, 0.3) is 0 Å². The molecule has 3 nitrogen and oxygen atoms in total. The van der Waals surface area contributed by atoms with Crippen molar-refractivity contribution in [3.8, 4) is 0 Å². The number of rotatable bonds is 5. The van der Waals surface area contributed by atoms with Crippen molar-refractivity contribution in [3.63, 3.8) is 0 Å². The number of hydrogen-bond donors (Lipinski definition) is 0. The van der Waals surface area contributed by atoms with Gasteiger partial charge >= 0.3 is 0 Å². The van der Waals surface area contributed by atoms with Gasteiger partial charge in [-0.25, -0.2) is 12.8 Å². The summed E-state index contributed by atoms with van der Waals surface area (Å²) < 4.78 is 46.8. The predicted molar refractivity (Wildman–Crippen MR) is 62.0 cm³/mol. The van der Waals surface area contributed by atoms with Crippen LogP contribution in [-0.2, 0) is 20.6 Å². The monoisotopic (exact) mass is 264 g/mol. The summed E-state index contributed by atoms with van der Waals surface area (Å²) in [7, 11) is -4.58. The summed E-state index contributed by atoms with van der Waals surface area (Å²) in [5.74, 6) is -0.552. The molecular formula is C10H13FO3S2. The summed E-state index contributed by atoms with van der Waals surface area (Å²) in [5.41, 5.74) is 0. The van der Waals surface area contributed by atoms with E-state index in [2.05, 4.69) is 0 Å². The van der Waals surface area contributed by atoms with E-state index in [-0.39, 0.29) is 17.3 Å². The maximum Gasteiger partial charge on any atom is 0.150 e. The Kier molecular flexibility index (Phi) is 4.61. The van der Waals surface area contributed by atoms with Gasteiger partial charge in [-0.3, -0.25) is 4.21 Å². The molecule has 0 aliphatic rings. The standard InChI is InChI=1S/C10H13FO3S2/c1-2-16(13,14)7-6-15(12)10-5-3-4-9(11)8-10/h3-5,8H,2,6-7H2,1H3. The molecule has 1 unspecified atom stereocenters. The number of halogens is 1. The van der Waals surface area contributed by atoms with Gasteiger partial charge in [0.05, 0.1) is 16.6 Å². The van der Waals surface area contributed by atoms with Crippen LogP contribution in [0.4, 0.5) is 4.39 Å². The first-order valence-electron chi connectivity index (χ1n) is 4.79. The van der Waals surface area contributed by atoms with Crippen LogP contribution in [0.3, 0.4) is 0 Å². The van der Waals surface area contributed by atoms with Crippen LogP contribution < -0.4 is 0 Å². The molecule has 16 heavy (non-hydrogen) atoms. The Labute approximate surface area is 97.1 Å². The molecule has 0 N–H and O–H groups in total. The summed E-state index contributed by atoms with van der Waals surface area (Å²) in [6, 6.07) is 5.40. The molecule has 0 aromatic heterocycles. The van der Waals surface area contributed by atoms with Gasteiger partial charge < -0.3 is 0 Å². The van der Waals surface area contributed by atoms with Crippen LogP contribution in [0.1, 0.15) is 6.92 Å². The van der Waals surface area contributed by atoms with Gasteiger partial charge in [-0.05, 0) is 18.2 Å². The third-order valence-corrected chi connectivity index (χ3v) is 5.40. The molecule has 0 saturated carbocycles. The summed E-state index contributed by atoms with van der Waals surface area (Å²) >= 11 is 0. The van der Waals surface area contributed by atoms with Crippen LogP contribution >= 0.6 is 0 Å². The van der Waals surface area contributed by atoms with E-state index in [1.54, 1.807) is 6.92 Å². The van der Waals surface area contributed by atoms with Crippen molar-refractivity contribution in [2.24, 2.45) is 0 Å². The maximum atomic E-state index is 12.8. The van der Waals surface area contributed by atoms with E-state index in [0.717, 1.165) is 6.07 Å². The highest BCUT2D eigenvalue weighted by atomic mass is 32.2. The molecule has 0 fully saturated rings. The van der Waals surface area contributed by atoms with Crippen molar-refractivity contribution in [2.45, 2.75) is 11.8 Å². The SMILES string of the molecule is CCS(=O)(=O)CCS(=O)c1cccc(F)c1. The first-order valence-corrected chi connectivity index (χ1v) is 7.93. The first kappa shape index (κ1) is 13.3. The van der Waals surface area contributed by atoms with Gasteiger partial charge in [0.2, 0.25) is 0 Å². The lowest BCUT2D eigenvalue weighted by Gasteiger charge is -2.02. The van der Waals surface area contributed by atoms with Crippen LogP contribution in [0.25, 0.3) is 0 Å². The van der Waals surface area contributed by atoms with E-state index in [1.165, 1.54) is 18.2 Å². The van der Waals surface area contributed by atoms with Crippen LogP contribution in [0.5, 0.6) is 0 Å². The average Bonchev–Trinajstić information content (AvgIpc) is 2.26. The van der Waals surface area contributed by atoms with Gasteiger partial charge in [0.15, 0.2) is 9.84 Å². The maximum absolute atomic E-state index is 12.8. The van der Waals surface area contributed by atoms with Crippen molar-refractivity contribution in [3.05, 3.63) is 30.1 Å². The molecule has 0 aliphatic carbocycles. The second-order valence-corrected chi connectivity index (χ2v) is 7.29. The van der Waals surface area contributed by atoms with Gasteiger partial charge in [0.1, 0.15) is 5.82 Å². The van der Waals surface area contributed by atoms with E-state index < -0.39 is 26.5 Å². The average molecular weight is 264 g/mol. The van der Waals surface area contributed by atoms with E-state index in [9.17, 15) is 17.0 Å². The van der Waals surface area contributed by atoms with Gasteiger partial charge in [-0.15, -0.1) is 0 Å².